The third-order valence-electron chi connectivity index (χ3n) is 3.32. The molecule has 2 nitrogen and oxygen atoms in total. The van der Waals surface area contributed by atoms with Gasteiger partial charge in [0.1, 0.15) is 0 Å². The zero-order valence-electron chi connectivity index (χ0n) is 11.5. The molecule has 0 aliphatic rings. The van der Waals surface area contributed by atoms with Gasteiger partial charge in [-0.2, -0.15) is 0 Å². The van der Waals surface area contributed by atoms with Gasteiger partial charge in [-0.3, -0.25) is 0 Å². The van der Waals surface area contributed by atoms with E-state index in [1.165, 1.54) is 12.8 Å². The molecule has 1 N–H and O–H groups in total. The molecule has 0 aromatic carbocycles. The Hall–Kier alpha value is -0.0800. The second kappa shape index (κ2) is 8.12. The first kappa shape index (κ1) is 14.9. The van der Waals surface area contributed by atoms with Crippen molar-refractivity contribution >= 4 is 0 Å². The number of nitrogens with zero attached hydrogens (tertiary/aromatic N) is 1. The Morgan fingerprint density at radius 3 is 1.93 bits per heavy atom. The highest BCUT2D eigenvalue weighted by atomic mass is 15.2. The summed E-state index contributed by atoms with van der Waals surface area (Å²) in [6.45, 7) is 13.6. The fraction of sp³-hybridized carbons (Fsp3) is 1.00. The first-order valence-electron chi connectivity index (χ1n) is 6.50. The molecule has 0 aromatic rings. The van der Waals surface area contributed by atoms with Gasteiger partial charge in [0.25, 0.3) is 0 Å². The monoisotopic (exact) mass is 214 g/mol. The third kappa shape index (κ3) is 5.53. The molecule has 0 fully saturated rings. The summed E-state index contributed by atoms with van der Waals surface area (Å²) >= 11 is 0. The Labute approximate surface area is 96.4 Å². The normalized spacial score (nSPS) is 14.2. The van der Waals surface area contributed by atoms with Gasteiger partial charge in [0.15, 0.2) is 0 Å². The smallest absolute Gasteiger partial charge is 0.0217 e. The molecule has 0 amide bonds. The quantitative estimate of drug-likeness (QED) is 0.668. The summed E-state index contributed by atoms with van der Waals surface area (Å²) in [7, 11) is 2.25. The highest BCUT2D eigenvalue weighted by Crippen LogP contribution is 2.10. The molecule has 0 heterocycles. The van der Waals surface area contributed by atoms with E-state index in [4.69, 9.17) is 0 Å². The van der Waals surface area contributed by atoms with Crippen molar-refractivity contribution in [1.82, 2.24) is 10.2 Å². The van der Waals surface area contributed by atoms with E-state index in [1.807, 2.05) is 0 Å². The Morgan fingerprint density at radius 1 is 1.07 bits per heavy atom. The van der Waals surface area contributed by atoms with Gasteiger partial charge in [-0.15, -0.1) is 0 Å². The summed E-state index contributed by atoms with van der Waals surface area (Å²) in [5.41, 5.74) is 0. The van der Waals surface area contributed by atoms with Crippen molar-refractivity contribution in [2.45, 2.75) is 59.5 Å². The molecule has 1 unspecified atom stereocenters. The number of likely N-dealkylation sites (N-methyl/N-ethyl adjacent to an activating group) is 2. The second-order valence-corrected chi connectivity index (χ2v) is 4.82. The van der Waals surface area contributed by atoms with E-state index in [0.29, 0.717) is 12.0 Å². The summed E-state index contributed by atoms with van der Waals surface area (Å²) < 4.78 is 0. The molecule has 0 aliphatic heterocycles. The molecule has 0 saturated carbocycles. The minimum absolute atomic E-state index is 0.626. The lowest BCUT2D eigenvalue weighted by atomic mass is 10.0. The van der Waals surface area contributed by atoms with Crippen LogP contribution in [0.2, 0.25) is 0 Å². The van der Waals surface area contributed by atoms with E-state index in [9.17, 15) is 0 Å². The SMILES string of the molecule is CCNC(CN(C)C(CC)CC)C(C)C. The molecular formula is C13H30N2. The Bertz CT molecular complexity index is 141. The van der Waals surface area contributed by atoms with Gasteiger partial charge in [0.05, 0.1) is 0 Å². The Kier molecular flexibility index (Phi) is 8.07. The van der Waals surface area contributed by atoms with Crippen LogP contribution in [0.4, 0.5) is 0 Å². The Morgan fingerprint density at radius 2 is 1.60 bits per heavy atom. The van der Waals surface area contributed by atoms with E-state index < -0.39 is 0 Å². The fourth-order valence-corrected chi connectivity index (χ4v) is 2.14. The van der Waals surface area contributed by atoms with Gasteiger partial charge in [0.2, 0.25) is 0 Å². The molecular weight excluding hydrogens is 184 g/mol. The molecule has 0 spiro atoms. The lowest BCUT2D eigenvalue weighted by Crippen LogP contribution is -2.45. The zero-order chi connectivity index (χ0) is 11.8. The van der Waals surface area contributed by atoms with E-state index in [1.54, 1.807) is 0 Å². The van der Waals surface area contributed by atoms with Crippen LogP contribution in [0, 0.1) is 5.92 Å². The first-order valence-corrected chi connectivity index (χ1v) is 6.50. The predicted molar refractivity (Wildman–Crippen MR) is 69.3 cm³/mol. The lowest BCUT2D eigenvalue weighted by molar-refractivity contribution is 0.189. The van der Waals surface area contributed by atoms with E-state index in [2.05, 4.69) is 51.9 Å². The van der Waals surface area contributed by atoms with Gasteiger partial charge >= 0.3 is 0 Å². The van der Waals surface area contributed by atoms with Gasteiger partial charge in [0, 0.05) is 18.6 Å². The molecule has 0 radical (unpaired) electrons. The van der Waals surface area contributed by atoms with Gasteiger partial charge in [-0.05, 0) is 32.4 Å². The molecule has 0 saturated heterocycles. The maximum atomic E-state index is 3.57. The highest BCUT2D eigenvalue weighted by molar-refractivity contribution is 4.76. The molecule has 92 valence electrons. The van der Waals surface area contributed by atoms with Crippen molar-refractivity contribution < 1.29 is 0 Å². The maximum absolute atomic E-state index is 3.57. The molecule has 15 heavy (non-hydrogen) atoms. The standard InChI is InChI=1S/C13H30N2/c1-7-12(8-2)15(6)10-13(11(4)5)14-9-3/h11-14H,7-10H2,1-6H3. The van der Waals surface area contributed by atoms with Crippen LogP contribution in [-0.2, 0) is 0 Å². The van der Waals surface area contributed by atoms with Crippen LogP contribution in [0.3, 0.4) is 0 Å². The summed E-state index contributed by atoms with van der Waals surface area (Å²) in [6.07, 6.45) is 2.51. The van der Waals surface area contributed by atoms with Gasteiger partial charge in [-0.1, -0.05) is 34.6 Å². The zero-order valence-corrected chi connectivity index (χ0v) is 11.5. The number of hydrogen-bond acceptors (Lipinski definition) is 2. The van der Waals surface area contributed by atoms with E-state index >= 15 is 0 Å². The lowest BCUT2D eigenvalue weighted by Gasteiger charge is -2.32. The third-order valence-corrected chi connectivity index (χ3v) is 3.32. The van der Waals surface area contributed by atoms with Crippen LogP contribution < -0.4 is 5.32 Å². The summed E-state index contributed by atoms with van der Waals surface area (Å²) in [6, 6.07) is 1.37. The topological polar surface area (TPSA) is 15.3 Å². The van der Waals surface area contributed by atoms with Crippen LogP contribution in [0.25, 0.3) is 0 Å². The summed E-state index contributed by atoms with van der Waals surface area (Å²) in [4.78, 5) is 2.51. The van der Waals surface area contributed by atoms with Gasteiger partial charge in [-0.25, -0.2) is 0 Å². The van der Waals surface area contributed by atoms with Crippen molar-refractivity contribution in [3.63, 3.8) is 0 Å². The number of rotatable bonds is 8. The van der Waals surface area contributed by atoms with Crippen molar-refractivity contribution in [3.8, 4) is 0 Å². The number of hydrogen-bond donors (Lipinski definition) is 1. The van der Waals surface area contributed by atoms with Crippen molar-refractivity contribution in [1.29, 1.82) is 0 Å². The van der Waals surface area contributed by atoms with Crippen LogP contribution in [0.1, 0.15) is 47.5 Å². The van der Waals surface area contributed by atoms with E-state index in [0.717, 1.165) is 19.1 Å². The minimum atomic E-state index is 0.626. The van der Waals surface area contributed by atoms with Crippen LogP contribution in [-0.4, -0.2) is 37.1 Å². The van der Waals surface area contributed by atoms with Gasteiger partial charge < -0.3 is 10.2 Å². The van der Waals surface area contributed by atoms with Crippen LogP contribution in [0.15, 0.2) is 0 Å². The van der Waals surface area contributed by atoms with Crippen LogP contribution >= 0.6 is 0 Å². The largest absolute Gasteiger partial charge is 0.313 e. The van der Waals surface area contributed by atoms with Crippen LogP contribution in [0.5, 0.6) is 0 Å². The van der Waals surface area contributed by atoms with Crippen molar-refractivity contribution in [3.05, 3.63) is 0 Å². The second-order valence-electron chi connectivity index (χ2n) is 4.82. The fourth-order valence-electron chi connectivity index (χ4n) is 2.14. The van der Waals surface area contributed by atoms with E-state index in [-0.39, 0.29) is 0 Å². The Balaban J connectivity index is 4.13. The minimum Gasteiger partial charge on any atom is -0.313 e. The summed E-state index contributed by atoms with van der Waals surface area (Å²) in [5, 5.41) is 3.57. The van der Waals surface area contributed by atoms with Crippen molar-refractivity contribution in [2.24, 2.45) is 5.92 Å². The molecule has 1 atom stereocenters. The maximum Gasteiger partial charge on any atom is 0.0217 e. The van der Waals surface area contributed by atoms with Crippen molar-refractivity contribution in [2.75, 3.05) is 20.1 Å². The molecule has 0 bridgehead atoms. The molecule has 0 rings (SSSR count). The summed E-state index contributed by atoms with van der Waals surface area (Å²) in [5.74, 6) is 0.710. The number of nitrogens with one attached hydrogen (secondary N) is 1. The predicted octanol–water partition coefficient (Wildman–Crippen LogP) is 2.74. The molecule has 2 heteroatoms. The first-order chi connectivity index (χ1) is 7.06. The average molecular weight is 214 g/mol. The molecule has 0 aromatic heterocycles. The molecule has 0 aliphatic carbocycles. The highest BCUT2D eigenvalue weighted by Gasteiger charge is 2.17. The average Bonchev–Trinajstić information content (AvgIpc) is 2.18.